The van der Waals surface area contributed by atoms with Crippen LogP contribution < -0.4 is 5.32 Å². The molecule has 0 aliphatic heterocycles. The summed E-state index contributed by atoms with van der Waals surface area (Å²) in [6.45, 7) is 0. The molecule has 0 saturated heterocycles. The van der Waals surface area contributed by atoms with Crippen LogP contribution in [-0.4, -0.2) is 10.8 Å². The molecule has 29 heavy (non-hydrogen) atoms. The monoisotopic (exact) mass is 519 g/mol. The van der Waals surface area contributed by atoms with Gasteiger partial charge in [0.05, 0.1) is 16.2 Å². The Balaban J connectivity index is 1.89. The molecule has 0 fully saturated rings. The fraction of sp³-hybridized carbons (Fsp3) is 0. The zero-order valence-electron chi connectivity index (χ0n) is 14.6. The third-order valence-corrected chi connectivity index (χ3v) is 5.00. The standard InChI is InChI=1S/C20H11ClIN3O4/c21-13-5-7-15(18(10-13)25(27)28)19-8-6-14(29-19)9-12(11-23)20(26)24-17-4-2-1-3-16(17)22/h1-10H,(H,24,26). The van der Waals surface area contributed by atoms with Gasteiger partial charge in [-0.05, 0) is 59.0 Å². The SMILES string of the molecule is N#CC(=Cc1ccc(-c2ccc(Cl)cc2[N+](=O)[O-])o1)C(=O)Nc1ccccc1I. The number of para-hydroxylation sites is 1. The molecular formula is C20H11ClIN3O4. The third-order valence-electron chi connectivity index (χ3n) is 3.82. The second kappa shape index (κ2) is 8.89. The smallest absolute Gasteiger partial charge is 0.281 e. The lowest BCUT2D eigenvalue weighted by Crippen LogP contribution is -2.14. The minimum Gasteiger partial charge on any atom is -0.456 e. The van der Waals surface area contributed by atoms with Gasteiger partial charge in [-0.2, -0.15) is 5.26 Å². The number of nitrogens with zero attached hydrogens (tertiary/aromatic N) is 2. The predicted molar refractivity (Wildman–Crippen MR) is 117 cm³/mol. The zero-order chi connectivity index (χ0) is 21.0. The number of hydrogen-bond donors (Lipinski definition) is 1. The van der Waals surface area contributed by atoms with E-state index in [1.807, 2.05) is 18.2 Å². The highest BCUT2D eigenvalue weighted by Gasteiger charge is 2.19. The first-order chi connectivity index (χ1) is 13.9. The molecule has 7 nitrogen and oxygen atoms in total. The number of carbonyl (C=O) groups is 1. The molecule has 9 heteroatoms. The molecule has 0 aliphatic carbocycles. The lowest BCUT2D eigenvalue weighted by atomic mass is 10.1. The van der Waals surface area contributed by atoms with Gasteiger partial charge in [0.25, 0.3) is 11.6 Å². The van der Waals surface area contributed by atoms with Crippen LogP contribution in [0.15, 0.2) is 64.6 Å². The van der Waals surface area contributed by atoms with E-state index in [-0.39, 0.29) is 33.4 Å². The molecule has 3 aromatic rings. The van der Waals surface area contributed by atoms with Crippen molar-refractivity contribution in [2.75, 3.05) is 5.32 Å². The van der Waals surface area contributed by atoms with Crippen molar-refractivity contribution in [2.24, 2.45) is 0 Å². The largest absolute Gasteiger partial charge is 0.456 e. The second-order valence-electron chi connectivity index (χ2n) is 5.72. The van der Waals surface area contributed by atoms with Crippen molar-refractivity contribution in [2.45, 2.75) is 0 Å². The van der Waals surface area contributed by atoms with Crippen LogP contribution in [0.25, 0.3) is 17.4 Å². The number of nitrogens with one attached hydrogen (secondary N) is 1. The van der Waals surface area contributed by atoms with Crippen molar-refractivity contribution >= 4 is 57.5 Å². The molecular weight excluding hydrogens is 509 g/mol. The molecule has 0 atom stereocenters. The summed E-state index contributed by atoms with van der Waals surface area (Å²) in [5.74, 6) is -0.166. The Morgan fingerprint density at radius 3 is 2.69 bits per heavy atom. The Morgan fingerprint density at radius 2 is 2.00 bits per heavy atom. The van der Waals surface area contributed by atoms with Gasteiger partial charge in [-0.1, -0.05) is 23.7 Å². The summed E-state index contributed by atoms with van der Waals surface area (Å²) >= 11 is 7.90. The van der Waals surface area contributed by atoms with Crippen molar-refractivity contribution in [3.05, 3.63) is 84.6 Å². The number of hydrogen-bond acceptors (Lipinski definition) is 5. The molecule has 1 aromatic heterocycles. The first-order valence-electron chi connectivity index (χ1n) is 8.11. The molecule has 144 valence electrons. The van der Waals surface area contributed by atoms with Crippen molar-refractivity contribution in [1.29, 1.82) is 5.26 Å². The Morgan fingerprint density at radius 1 is 1.24 bits per heavy atom. The van der Waals surface area contributed by atoms with E-state index >= 15 is 0 Å². The summed E-state index contributed by atoms with van der Waals surface area (Å²) in [5.41, 5.74) is 0.437. The molecule has 0 radical (unpaired) electrons. The summed E-state index contributed by atoms with van der Waals surface area (Å²) in [6.07, 6.45) is 1.27. The zero-order valence-corrected chi connectivity index (χ0v) is 17.5. The highest BCUT2D eigenvalue weighted by atomic mass is 127. The van der Waals surface area contributed by atoms with Gasteiger partial charge in [0.15, 0.2) is 0 Å². The van der Waals surface area contributed by atoms with Crippen LogP contribution in [0.1, 0.15) is 5.76 Å². The summed E-state index contributed by atoms with van der Waals surface area (Å²) in [7, 11) is 0. The van der Waals surface area contributed by atoms with Crippen LogP contribution in [0.2, 0.25) is 5.02 Å². The quantitative estimate of drug-likeness (QED) is 0.154. The third kappa shape index (κ3) is 4.82. The molecule has 1 N–H and O–H groups in total. The molecule has 1 heterocycles. The Labute approximate surface area is 183 Å². The number of amides is 1. The summed E-state index contributed by atoms with van der Waals surface area (Å²) in [4.78, 5) is 23.1. The van der Waals surface area contributed by atoms with E-state index in [0.29, 0.717) is 5.69 Å². The molecule has 0 spiro atoms. The number of nitro groups is 1. The molecule has 0 unspecified atom stereocenters. The summed E-state index contributed by atoms with van der Waals surface area (Å²) in [6, 6.07) is 16.2. The summed E-state index contributed by atoms with van der Waals surface area (Å²) in [5, 5.41) is 23.5. The lowest BCUT2D eigenvalue weighted by molar-refractivity contribution is -0.384. The predicted octanol–water partition coefficient (Wildman–Crippen LogP) is 5.66. The number of nitriles is 1. The molecule has 0 aliphatic rings. The van der Waals surface area contributed by atoms with E-state index in [1.165, 1.54) is 36.4 Å². The van der Waals surface area contributed by atoms with Crippen molar-refractivity contribution in [1.82, 2.24) is 0 Å². The van der Waals surface area contributed by atoms with Gasteiger partial charge in [0.2, 0.25) is 0 Å². The highest BCUT2D eigenvalue weighted by Crippen LogP contribution is 2.33. The molecule has 3 rings (SSSR count). The minimum absolute atomic E-state index is 0.170. The molecule has 0 bridgehead atoms. The van der Waals surface area contributed by atoms with Crippen LogP contribution in [0.3, 0.4) is 0 Å². The van der Waals surface area contributed by atoms with Gasteiger partial charge in [-0.15, -0.1) is 0 Å². The highest BCUT2D eigenvalue weighted by molar-refractivity contribution is 14.1. The summed E-state index contributed by atoms with van der Waals surface area (Å²) < 4.78 is 6.43. The van der Waals surface area contributed by atoms with Gasteiger partial charge in [0.1, 0.15) is 23.2 Å². The van der Waals surface area contributed by atoms with Crippen molar-refractivity contribution in [3.8, 4) is 17.4 Å². The van der Waals surface area contributed by atoms with Crippen LogP contribution in [0, 0.1) is 25.0 Å². The van der Waals surface area contributed by atoms with Gasteiger partial charge in [-0.25, -0.2) is 0 Å². The van der Waals surface area contributed by atoms with Crippen LogP contribution in [-0.2, 0) is 4.79 Å². The van der Waals surface area contributed by atoms with Gasteiger partial charge in [-0.3, -0.25) is 14.9 Å². The van der Waals surface area contributed by atoms with Gasteiger partial charge in [0, 0.05) is 20.7 Å². The van der Waals surface area contributed by atoms with Crippen molar-refractivity contribution < 1.29 is 14.1 Å². The van der Waals surface area contributed by atoms with E-state index in [0.717, 1.165) is 3.57 Å². The molecule has 2 aromatic carbocycles. The van der Waals surface area contributed by atoms with E-state index < -0.39 is 10.8 Å². The Bertz CT molecular complexity index is 1180. The van der Waals surface area contributed by atoms with Crippen molar-refractivity contribution in [3.63, 3.8) is 0 Å². The van der Waals surface area contributed by atoms with Crippen LogP contribution in [0.4, 0.5) is 11.4 Å². The normalized spacial score (nSPS) is 11.0. The minimum atomic E-state index is -0.591. The Kier molecular flexibility index (Phi) is 6.31. The fourth-order valence-corrected chi connectivity index (χ4v) is 3.17. The number of halogens is 2. The molecule has 0 saturated carbocycles. The van der Waals surface area contributed by atoms with Gasteiger partial charge >= 0.3 is 0 Å². The maximum Gasteiger partial charge on any atom is 0.281 e. The Hall–Kier alpha value is -3.16. The fourth-order valence-electron chi connectivity index (χ4n) is 2.48. The maximum absolute atomic E-state index is 12.4. The van der Waals surface area contributed by atoms with E-state index in [9.17, 15) is 20.2 Å². The van der Waals surface area contributed by atoms with Gasteiger partial charge < -0.3 is 9.73 Å². The van der Waals surface area contributed by atoms with Crippen LogP contribution in [0.5, 0.6) is 0 Å². The number of furan rings is 1. The lowest BCUT2D eigenvalue weighted by Gasteiger charge is -2.05. The number of benzene rings is 2. The first-order valence-corrected chi connectivity index (χ1v) is 9.56. The average molecular weight is 520 g/mol. The topological polar surface area (TPSA) is 109 Å². The number of carbonyl (C=O) groups excluding carboxylic acids is 1. The maximum atomic E-state index is 12.4. The average Bonchev–Trinajstić information content (AvgIpc) is 3.16. The number of anilines is 1. The second-order valence-corrected chi connectivity index (χ2v) is 7.32. The van der Waals surface area contributed by atoms with E-state index in [2.05, 4.69) is 27.9 Å². The molecule has 1 amide bonds. The van der Waals surface area contributed by atoms with E-state index in [1.54, 1.807) is 12.1 Å². The van der Waals surface area contributed by atoms with Crippen LogP contribution >= 0.6 is 34.2 Å². The number of nitro benzene ring substituents is 1. The van der Waals surface area contributed by atoms with E-state index in [4.69, 9.17) is 16.0 Å². The first kappa shape index (κ1) is 20.6. The number of rotatable bonds is 5.